The molecule has 114 valence electrons. The number of hydrogen-bond acceptors (Lipinski definition) is 5. The molecule has 1 saturated carbocycles. The number of allylic oxidation sites excluding steroid dienone is 1. The maximum absolute atomic E-state index is 11.2. The van der Waals surface area contributed by atoms with Gasteiger partial charge in [0.15, 0.2) is 0 Å². The molecule has 3 unspecified atom stereocenters. The molecule has 1 aliphatic rings. The van der Waals surface area contributed by atoms with Gasteiger partial charge in [-0.3, -0.25) is 9.59 Å². The molecule has 1 aliphatic carbocycles. The van der Waals surface area contributed by atoms with Gasteiger partial charge < -0.3 is 14.6 Å². The number of aliphatic hydroxyl groups is 1. The summed E-state index contributed by atoms with van der Waals surface area (Å²) in [6.07, 6.45) is 2.25. The molecule has 0 heterocycles. The molecule has 0 aromatic carbocycles. The molecule has 5 heteroatoms. The van der Waals surface area contributed by atoms with Gasteiger partial charge in [-0.1, -0.05) is 12.2 Å². The highest BCUT2D eigenvalue weighted by atomic mass is 16.5. The average molecular weight is 284 g/mol. The standard InChI is InChI=1S/C15H24O5/c1-10(5-6-14(17)19-4)12-7-8-15(3,18)13(12)9-20-11(2)16/h12-13,18H,1,5-9H2,2-4H3. The van der Waals surface area contributed by atoms with E-state index < -0.39 is 5.60 Å². The smallest absolute Gasteiger partial charge is 0.305 e. The molecule has 1 N–H and O–H groups in total. The molecular formula is C15H24O5. The number of methoxy groups -OCH3 is 1. The molecule has 1 rings (SSSR count). The van der Waals surface area contributed by atoms with E-state index in [9.17, 15) is 14.7 Å². The van der Waals surface area contributed by atoms with Crippen molar-refractivity contribution in [3.05, 3.63) is 12.2 Å². The second kappa shape index (κ2) is 6.88. The van der Waals surface area contributed by atoms with Gasteiger partial charge in [-0.25, -0.2) is 0 Å². The highest BCUT2D eigenvalue weighted by Gasteiger charge is 2.45. The van der Waals surface area contributed by atoms with E-state index >= 15 is 0 Å². The predicted molar refractivity (Wildman–Crippen MR) is 73.9 cm³/mol. The summed E-state index contributed by atoms with van der Waals surface area (Å²) < 4.78 is 9.67. The van der Waals surface area contributed by atoms with Crippen LogP contribution in [0.1, 0.15) is 39.5 Å². The summed E-state index contributed by atoms with van der Waals surface area (Å²) in [5.74, 6) is -0.732. The molecule has 0 radical (unpaired) electrons. The van der Waals surface area contributed by atoms with Gasteiger partial charge in [-0.05, 0) is 32.1 Å². The summed E-state index contributed by atoms with van der Waals surface area (Å²) in [5, 5.41) is 10.4. The van der Waals surface area contributed by atoms with Crippen LogP contribution in [0.15, 0.2) is 12.2 Å². The van der Waals surface area contributed by atoms with Crippen LogP contribution in [0.3, 0.4) is 0 Å². The molecular weight excluding hydrogens is 260 g/mol. The van der Waals surface area contributed by atoms with E-state index in [2.05, 4.69) is 11.3 Å². The Morgan fingerprint density at radius 3 is 2.60 bits per heavy atom. The first-order valence-electron chi connectivity index (χ1n) is 6.88. The maximum Gasteiger partial charge on any atom is 0.305 e. The minimum absolute atomic E-state index is 0.0639. The summed E-state index contributed by atoms with van der Waals surface area (Å²) in [7, 11) is 1.36. The fourth-order valence-corrected chi connectivity index (χ4v) is 2.81. The van der Waals surface area contributed by atoms with Gasteiger partial charge in [0.2, 0.25) is 0 Å². The minimum Gasteiger partial charge on any atom is -0.469 e. The van der Waals surface area contributed by atoms with Crippen molar-refractivity contribution in [1.82, 2.24) is 0 Å². The summed E-state index contributed by atoms with van der Waals surface area (Å²) in [5.41, 5.74) is 0.0410. The fourth-order valence-electron chi connectivity index (χ4n) is 2.81. The van der Waals surface area contributed by atoms with E-state index in [0.29, 0.717) is 12.8 Å². The zero-order valence-corrected chi connectivity index (χ0v) is 12.5. The van der Waals surface area contributed by atoms with Crippen molar-refractivity contribution in [2.75, 3.05) is 13.7 Å². The lowest BCUT2D eigenvalue weighted by atomic mass is 9.82. The third kappa shape index (κ3) is 4.34. The summed E-state index contributed by atoms with van der Waals surface area (Å²) in [6, 6.07) is 0. The Hall–Kier alpha value is -1.36. The molecule has 0 spiro atoms. The normalized spacial score (nSPS) is 29.0. The molecule has 1 fully saturated rings. The van der Waals surface area contributed by atoms with Crippen molar-refractivity contribution >= 4 is 11.9 Å². The van der Waals surface area contributed by atoms with Crippen LogP contribution < -0.4 is 0 Å². The van der Waals surface area contributed by atoms with Crippen LogP contribution in [0.25, 0.3) is 0 Å². The Morgan fingerprint density at radius 1 is 1.40 bits per heavy atom. The predicted octanol–water partition coefficient (Wildman–Crippen LogP) is 1.84. The second-order valence-electron chi connectivity index (χ2n) is 5.65. The number of carbonyl (C=O) groups excluding carboxylic acids is 2. The van der Waals surface area contributed by atoms with Crippen molar-refractivity contribution in [2.24, 2.45) is 11.8 Å². The topological polar surface area (TPSA) is 72.8 Å². The molecule has 0 bridgehead atoms. The van der Waals surface area contributed by atoms with E-state index in [0.717, 1.165) is 12.0 Å². The summed E-state index contributed by atoms with van der Waals surface area (Å²) in [6.45, 7) is 7.32. The third-order valence-corrected chi connectivity index (χ3v) is 4.11. The molecule has 0 aromatic rings. The first kappa shape index (κ1) is 16.7. The van der Waals surface area contributed by atoms with E-state index in [4.69, 9.17) is 4.74 Å². The zero-order valence-electron chi connectivity index (χ0n) is 12.5. The van der Waals surface area contributed by atoms with Crippen molar-refractivity contribution in [1.29, 1.82) is 0 Å². The van der Waals surface area contributed by atoms with Crippen LogP contribution >= 0.6 is 0 Å². The number of esters is 2. The Balaban J connectivity index is 2.64. The highest BCUT2D eigenvalue weighted by molar-refractivity contribution is 5.69. The number of hydrogen-bond donors (Lipinski definition) is 1. The van der Waals surface area contributed by atoms with Gasteiger partial charge in [0, 0.05) is 19.3 Å². The first-order valence-corrected chi connectivity index (χ1v) is 6.88. The monoisotopic (exact) mass is 284 g/mol. The third-order valence-electron chi connectivity index (χ3n) is 4.11. The van der Waals surface area contributed by atoms with E-state index in [1.807, 2.05) is 0 Å². The Labute approximate surface area is 119 Å². The maximum atomic E-state index is 11.2. The Bertz CT molecular complexity index is 386. The van der Waals surface area contributed by atoms with Crippen molar-refractivity contribution in [3.63, 3.8) is 0 Å². The van der Waals surface area contributed by atoms with E-state index in [1.54, 1.807) is 6.92 Å². The Kier molecular flexibility index (Phi) is 5.74. The quantitative estimate of drug-likeness (QED) is 0.595. The Morgan fingerprint density at radius 2 is 2.05 bits per heavy atom. The van der Waals surface area contributed by atoms with Crippen molar-refractivity contribution < 1.29 is 24.2 Å². The van der Waals surface area contributed by atoms with Crippen molar-refractivity contribution in [2.45, 2.75) is 45.1 Å². The summed E-state index contributed by atoms with van der Waals surface area (Å²) >= 11 is 0. The number of ether oxygens (including phenoxy) is 2. The van der Waals surface area contributed by atoms with E-state index in [-0.39, 0.29) is 36.8 Å². The van der Waals surface area contributed by atoms with Crippen molar-refractivity contribution in [3.8, 4) is 0 Å². The van der Waals surface area contributed by atoms with Gasteiger partial charge in [-0.2, -0.15) is 0 Å². The molecule has 0 saturated heterocycles. The van der Waals surface area contributed by atoms with Crippen LogP contribution in [-0.4, -0.2) is 36.4 Å². The minimum atomic E-state index is -0.867. The molecule has 0 aromatic heterocycles. The highest BCUT2D eigenvalue weighted by Crippen LogP contribution is 2.44. The first-order chi connectivity index (χ1) is 9.27. The second-order valence-corrected chi connectivity index (χ2v) is 5.65. The lowest BCUT2D eigenvalue weighted by Gasteiger charge is -2.29. The van der Waals surface area contributed by atoms with Crippen LogP contribution in [0.5, 0.6) is 0 Å². The molecule has 20 heavy (non-hydrogen) atoms. The molecule has 5 nitrogen and oxygen atoms in total. The zero-order chi connectivity index (χ0) is 15.3. The van der Waals surface area contributed by atoms with Gasteiger partial charge in [0.25, 0.3) is 0 Å². The number of rotatable bonds is 6. The van der Waals surface area contributed by atoms with Crippen LogP contribution in [0.4, 0.5) is 0 Å². The van der Waals surface area contributed by atoms with E-state index in [1.165, 1.54) is 14.0 Å². The average Bonchev–Trinajstić information content (AvgIpc) is 2.68. The van der Waals surface area contributed by atoms with Crippen LogP contribution in [0, 0.1) is 11.8 Å². The fraction of sp³-hybridized carbons (Fsp3) is 0.733. The van der Waals surface area contributed by atoms with Crippen LogP contribution in [0.2, 0.25) is 0 Å². The van der Waals surface area contributed by atoms with Gasteiger partial charge in [0.1, 0.15) is 0 Å². The van der Waals surface area contributed by atoms with Crippen LogP contribution in [-0.2, 0) is 19.1 Å². The summed E-state index contributed by atoms with van der Waals surface area (Å²) in [4.78, 5) is 22.1. The molecule has 0 amide bonds. The lowest BCUT2D eigenvalue weighted by molar-refractivity contribution is -0.145. The molecule has 3 atom stereocenters. The largest absolute Gasteiger partial charge is 0.469 e. The lowest BCUT2D eigenvalue weighted by Crippen LogP contribution is -2.36. The van der Waals surface area contributed by atoms with Gasteiger partial charge in [0.05, 0.1) is 19.3 Å². The molecule has 0 aliphatic heterocycles. The number of carbonyl (C=O) groups is 2. The SMILES string of the molecule is C=C(CCC(=O)OC)C1CCC(C)(O)C1COC(C)=O. The van der Waals surface area contributed by atoms with Gasteiger partial charge >= 0.3 is 11.9 Å². The van der Waals surface area contributed by atoms with Gasteiger partial charge in [-0.15, -0.1) is 0 Å².